The molecule has 1 aliphatic heterocycles. The zero-order valence-electron chi connectivity index (χ0n) is 10.6. The molecule has 1 saturated heterocycles. The van der Waals surface area contributed by atoms with Crippen molar-refractivity contribution in [1.29, 1.82) is 0 Å². The fourth-order valence-corrected chi connectivity index (χ4v) is 3.00. The quantitative estimate of drug-likeness (QED) is 0.920. The Morgan fingerprint density at radius 3 is 3.00 bits per heavy atom. The Hall–Kier alpha value is -0.610. The van der Waals surface area contributed by atoms with Crippen molar-refractivity contribution >= 4 is 15.9 Å². The second-order valence-electron chi connectivity index (χ2n) is 4.80. The molecule has 0 aliphatic carbocycles. The third-order valence-corrected chi connectivity index (χ3v) is 4.11. The summed E-state index contributed by atoms with van der Waals surface area (Å²) in [5.41, 5.74) is 1.01. The van der Waals surface area contributed by atoms with Crippen LogP contribution in [0.1, 0.15) is 18.4 Å². The van der Waals surface area contributed by atoms with Gasteiger partial charge in [0.2, 0.25) is 0 Å². The molecule has 0 saturated carbocycles. The largest absolute Gasteiger partial charge is 0.496 e. The lowest BCUT2D eigenvalue weighted by Crippen LogP contribution is -2.35. The Bertz CT molecular complexity index is 393. The van der Waals surface area contributed by atoms with Crippen molar-refractivity contribution in [2.75, 3.05) is 20.2 Å². The summed E-state index contributed by atoms with van der Waals surface area (Å²) in [5, 5.41) is 3.26. The molecule has 1 aromatic carbocycles. The minimum atomic E-state index is -0.766. The van der Waals surface area contributed by atoms with Gasteiger partial charge in [0.05, 0.1) is 11.6 Å². The van der Waals surface area contributed by atoms with Crippen LogP contribution in [-0.4, -0.2) is 26.4 Å². The Balaban J connectivity index is 1.97. The smallest absolute Gasteiger partial charge is 0.133 e. The summed E-state index contributed by atoms with van der Waals surface area (Å²) in [6.07, 6.45) is 1.79. The van der Waals surface area contributed by atoms with Crippen LogP contribution in [0.3, 0.4) is 0 Å². The van der Waals surface area contributed by atoms with E-state index in [0.717, 1.165) is 41.7 Å². The van der Waals surface area contributed by atoms with Gasteiger partial charge in [0.25, 0.3) is 0 Å². The van der Waals surface area contributed by atoms with Crippen molar-refractivity contribution < 1.29 is 9.13 Å². The number of ether oxygens (including phenoxy) is 1. The summed E-state index contributed by atoms with van der Waals surface area (Å²) in [4.78, 5) is 0. The van der Waals surface area contributed by atoms with Gasteiger partial charge in [-0.3, -0.25) is 0 Å². The van der Waals surface area contributed by atoms with Gasteiger partial charge in [0.1, 0.15) is 11.9 Å². The molecule has 4 heteroatoms. The number of nitrogens with one attached hydrogen (secondary N) is 1. The average molecular weight is 316 g/mol. The molecule has 2 rings (SSSR count). The van der Waals surface area contributed by atoms with Gasteiger partial charge < -0.3 is 10.1 Å². The molecule has 0 radical (unpaired) electrons. The molecule has 1 fully saturated rings. The Labute approximate surface area is 116 Å². The summed E-state index contributed by atoms with van der Waals surface area (Å²) in [6, 6.07) is 5.76. The van der Waals surface area contributed by atoms with Gasteiger partial charge in [0.15, 0.2) is 0 Å². The van der Waals surface area contributed by atoms with Crippen LogP contribution in [0.2, 0.25) is 0 Å². The molecular weight excluding hydrogens is 297 g/mol. The first kappa shape index (κ1) is 13.8. The normalized spacial score (nSPS) is 21.6. The van der Waals surface area contributed by atoms with Crippen LogP contribution in [0, 0.1) is 5.92 Å². The van der Waals surface area contributed by atoms with Crippen LogP contribution in [0.15, 0.2) is 22.7 Å². The lowest BCUT2D eigenvalue weighted by molar-refractivity contribution is 0.191. The van der Waals surface area contributed by atoms with Crippen LogP contribution in [-0.2, 0) is 6.42 Å². The van der Waals surface area contributed by atoms with Crippen molar-refractivity contribution in [3.05, 3.63) is 28.2 Å². The number of alkyl halides is 1. The molecule has 1 aromatic rings. The topological polar surface area (TPSA) is 21.3 Å². The summed E-state index contributed by atoms with van der Waals surface area (Å²) in [7, 11) is 1.63. The number of hydrogen-bond donors (Lipinski definition) is 1. The molecule has 0 aromatic heterocycles. The van der Waals surface area contributed by atoms with E-state index in [9.17, 15) is 4.39 Å². The second kappa shape index (κ2) is 6.53. The Kier molecular flexibility index (Phi) is 5.01. The highest BCUT2D eigenvalue weighted by Gasteiger charge is 2.23. The number of rotatable bonds is 4. The van der Waals surface area contributed by atoms with Gasteiger partial charge >= 0.3 is 0 Å². The molecule has 0 spiro atoms. The monoisotopic (exact) mass is 315 g/mol. The van der Waals surface area contributed by atoms with Gasteiger partial charge in [-0.1, -0.05) is 6.07 Å². The van der Waals surface area contributed by atoms with E-state index in [1.807, 2.05) is 18.2 Å². The molecule has 1 heterocycles. The zero-order valence-corrected chi connectivity index (χ0v) is 12.2. The fraction of sp³-hybridized carbons (Fsp3) is 0.571. The second-order valence-corrected chi connectivity index (χ2v) is 5.65. The molecule has 2 atom stereocenters. The number of methoxy groups -OCH3 is 1. The van der Waals surface area contributed by atoms with E-state index in [-0.39, 0.29) is 5.92 Å². The highest BCUT2D eigenvalue weighted by Crippen LogP contribution is 2.28. The Morgan fingerprint density at radius 1 is 1.56 bits per heavy atom. The van der Waals surface area contributed by atoms with Crippen LogP contribution < -0.4 is 10.1 Å². The number of halogens is 2. The molecule has 1 aliphatic rings. The molecule has 1 N–H and O–H groups in total. The number of piperidine rings is 1. The first-order chi connectivity index (χ1) is 8.70. The molecule has 2 nitrogen and oxygen atoms in total. The van der Waals surface area contributed by atoms with Crippen molar-refractivity contribution in [2.45, 2.75) is 25.4 Å². The predicted octanol–water partition coefficient (Wildman–Crippen LogP) is 3.34. The lowest BCUT2D eigenvalue weighted by Gasteiger charge is -2.26. The first-order valence-electron chi connectivity index (χ1n) is 6.38. The van der Waals surface area contributed by atoms with Gasteiger partial charge in [-0.05, 0) is 53.0 Å². The van der Waals surface area contributed by atoms with Crippen LogP contribution in [0.4, 0.5) is 4.39 Å². The molecule has 18 heavy (non-hydrogen) atoms. The van der Waals surface area contributed by atoms with Crippen molar-refractivity contribution in [1.82, 2.24) is 5.32 Å². The Morgan fingerprint density at radius 2 is 2.39 bits per heavy atom. The SMILES string of the molecule is COc1ccc(CC(F)C2CCCNC2)cc1Br. The summed E-state index contributed by atoms with van der Waals surface area (Å²) in [6.45, 7) is 1.83. The maximum absolute atomic E-state index is 14.2. The predicted molar refractivity (Wildman–Crippen MR) is 74.9 cm³/mol. The minimum Gasteiger partial charge on any atom is -0.496 e. The van der Waals surface area contributed by atoms with Crippen LogP contribution >= 0.6 is 15.9 Å². The molecule has 0 bridgehead atoms. The van der Waals surface area contributed by atoms with E-state index >= 15 is 0 Å². The maximum Gasteiger partial charge on any atom is 0.133 e. The third-order valence-electron chi connectivity index (χ3n) is 3.49. The molecule has 100 valence electrons. The van der Waals surface area contributed by atoms with E-state index in [4.69, 9.17) is 4.74 Å². The highest BCUT2D eigenvalue weighted by molar-refractivity contribution is 9.10. The zero-order chi connectivity index (χ0) is 13.0. The minimum absolute atomic E-state index is 0.152. The molecule has 0 amide bonds. The van der Waals surface area contributed by atoms with Gasteiger partial charge in [0, 0.05) is 18.9 Å². The van der Waals surface area contributed by atoms with E-state index in [0.29, 0.717) is 6.42 Å². The molecular formula is C14H19BrFNO. The summed E-state index contributed by atoms with van der Waals surface area (Å²) < 4.78 is 20.3. The standard InChI is InChI=1S/C14H19BrFNO/c1-18-14-5-4-10(7-12(14)15)8-13(16)11-3-2-6-17-9-11/h4-5,7,11,13,17H,2-3,6,8-9H2,1H3. The number of benzene rings is 1. The highest BCUT2D eigenvalue weighted by atomic mass is 79.9. The van der Waals surface area contributed by atoms with Crippen molar-refractivity contribution in [3.63, 3.8) is 0 Å². The maximum atomic E-state index is 14.2. The van der Waals surface area contributed by atoms with E-state index in [1.165, 1.54) is 0 Å². The third kappa shape index (κ3) is 3.45. The van der Waals surface area contributed by atoms with E-state index in [2.05, 4.69) is 21.2 Å². The lowest BCUT2D eigenvalue weighted by atomic mass is 9.91. The van der Waals surface area contributed by atoms with Crippen LogP contribution in [0.25, 0.3) is 0 Å². The first-order valence-corrected chi connectivity index (χ1v) is 7.17. The van der Waals surface area contributed by atoms with Gasteiger partial charge in [-0.25, -0.2) is 4.39 Å². The van der Waals surface area contributed by atoms with Crippen molar-refractivity contribution in [3.8, 4) is 5.75 Å². The van der Waals surface area contributed by atoms with E-state index in [1.54, 1.807) is 7.11 Å². The fourth-order valence-electron chi connectivity index (χ4n) is 2.42. The summed E-state index contributed by atoms with van der Waals surface area (Å²) in [5.74, 6) is 0.938. The number of hydrogen-bond acceptors (Lipinski definition) is 2. The van der Waals surface area contributed by atoms with Crippen LogP contribution in [0.5, 0.6) is 5.75 Å². The van der Waals surface area contributed by atoms with Crippen molar-refractivity contribution in [2.24, 2.45) is 5.92 Å². The van der Waals surface area contributed by atoms with Gasteiger partial charge in [-0.2, -0.15) is 0 Å². The summed E-state index contributed by atoms with van der Waals surface area (Å²) >= 11 is 3.43. The average Bonchev–Trinajstić information content (AvgIpc) is 2.40. The van der Waals surface area contributed by atoms with Gasteiger partial charge in [-0.15, -0.1) is 0 Å². The molecule has 2 unspecified atom stereocenters. The van der Waals surface area contributed by atoms with E-state index < -0.39 is 6.17 Å².